The van der Waals surface area contributed by atoms with Crippen LogP contribution in [0.4, 0.5) is 0 Å². The lowest BCUT2D eigenvalue weighted by molar-refractivity contribution is 0.489. The molecule has 0 aliphatic carbocycles. The van der Waals surface area contributed by atoms with Crippen LogP contribution in [0.3, 0.4) is 0 Å². The highest BCUT2D eigenvalue weighted by Crippen LogP contribution is 2.06. The number of aromatic nitrogens is 2. The number of hydrogen-bond acceptors (Lipinski definition) is 2. The van der Waals surface area contributed by atoms with E-state index in [2.05, 4.69) is 54.6 Å². The van der Waals surface area contributed by atoms with E-state index in [1.165, 1.54) is 18.4 Å². The summed E-state index contributed by atoms with van der Waals surface area (Å²) < 4.78 is 1.85. The molecule has 0 saturated heterocycles. The molecule has 1 atom stereocenters. The van der Waals surface area contributed by atoms with Gasteiger partial charge in [0.15, 0.2) is 5.96 Å². The Balaban J connectivity index is 0.00000484. The Kier molecular flexibility index (Phi) is 12.2. The summed E-state index contributed by atoms with van der Waals surface area (Å²) in [6.45, 7) is 10.6. The van der Waals surface area contributed by atoms with Crippen molar-refractivity contribution in [1.82, 2.24) is 20.4 Å². The van der Waals surface area contributed by atoms with Gasteiger partial charge in [-0.05, 0) is 51.0 Å². The monoisotopic (exact) mass is 435 g/mol. The van der Waals surface area contributed by atoms with E-state index in [9.17, 15) is 0 Å². The van der Waals surface area contributed by atoms with Gasteiger partial charge in [-0.1, -0.05) is 13.8 Å². The molecule has 0 fully saturated rings. The summed E-state index contributed by atoms with van der Waals surface area (Å²) in [7, 11) is 1.95. The number of aryl methyl sites for hydroxylation is 2. The second-order valence-electron chi connectivity index (χ2n) is 6.40. The fraction of sp³-hybridized carbons (Fsp3) is 0.765. The summed E-state index contributed by atoms with van der Waals surface area (Å²) in [5.41, 5.74) is 1.28. The highest BCUT2D eigenvalue weighted by Gasteiger charge is 2.06. The maximum absolute atomic E-state index is 4.67. The fourth-order valence-electron chi connectivity index (χ4n) is 2.28. The maximum atomic E-state index is 4.67. The highest BCUT2D eigenvalue weighted by molar-refractivity contribution is 14.0. The van der Waals surface area contributed by atoms with Crippen LogP contribution in [0.5, 0.6) is 0 Å². The van der Waals surface area contributed by atoms with Crippen LogP contribution in [-0.4, -0.2) is 34.9 Å². The summed E-state index contributed by atoms with van der Waals surface area (Å²) >= 11 is 0. The lowest BCUT2D eigenvalue weighted by atomic mass is 10.0. The normalized spacial score (nSPS) is 12.9. The summed E-state index contributed by atoms with van der Waals surface area (Å²) in [6, 6.07) is 0.457. The summed E-state index contributed by atoms with van der Waals surface area (Å²) in [5, 5.41) is 11.0. The molecule has 0 amide bonds. The van der Waals surface area contributed by atoms with Crippen LogP contribution < -0.4 is 10.6 Å². The lowest BCUT2D eigenvalue weighted by Crippen LogP contribution is -2.42. The number of hydrogen-bond donors (Lipinski definition) is 2. The molecule has 0 radical (unpaired) electrons. The SMILES string of the molecule is CCNC(=NCCCc1cnn(C)c1)NC(C)CCC(C)C.I. The van der Waals surface area contributed by atoms with E-state index in [0.717, 1.165) is 37.8 Å². The predicted molar refractivity (Wildman–Crippen MR) is 110 cm³/mol. The molecule has 1 heterocycles. The van der Waals surface area contributed by atoms with Crippen molar-refractivity contribution >= 4 is 29.9 Å². The van der Waals surface area contributed by atoms with Gasteiger partial charge in [-0.15, -0.1) is 24.0 Å². The molecule has 23 heavy (non-hydrogen) atoms. The minimum Gasteiger partial charge on any atom is -0.357 e. The number of nitrogens with one attached hydrogen (secondary N) is 2. The van der Waals surface area contributed by atoms with Crippen molar-refractivity contribution in [2.75, 3.05) is 13.1 Å². The third kappa shape index (κ3) is 10.6. The van der Waals surface area contributed by atoms with Crippen molar-refractivity contribution in [1.29, 1.82) is 0 Å². The first-order valence-corrected chi connectivity index (χ1v) is 8.53. The van der Waals surface area contributed by atoms with Gasteiger partial charge in [0, 0.05) is 32.4 Å². The fourth-order valence-corrected chi connectivity index (χ4v) is 2.28. The van der Waals surface area contributed by atoms with Gasteiger partial charge in [0.1, 0.15) is 0 Å². The zero-order valence-corrected chi connectivity index (χ0v) is 17.6. The van der Waals surface area contributed by atoms with Crippen LogP contribution in [0, 0.1) is 5.92 Å². The highest BCUT2D eigenvalue weighted by atomic mass is 127. The van der Waals surface area contributed by atoms with Crippen LogP contribution in [0.1, 0.15) is 52.5 Å². The van der Waals surface area contributed by atoms with Crippen molar-refractivity contribution in [2.24, 2.45) is 18.0 Å². The van der Waals surface area contributed by atoms with Crippen molar-refractivity contribution in [3.05, 3.63) is 18.0 Å². The molecule has 1 aromatic rings. The molecular weight excluding hydrogens is 401 g/mol. The van der Waals surface area contributed by atoms with E-state index in [-0.39, 0.29) is 24.0 Å². The van der Waals surface area contributed by atoms with Crippen molar-refractivity contribution in [3.8, 4) is 0 Å². The number of aliphatic imine (C=N–C) groups is 1. The Labute approximate surface area is 158 Å². The van der Waals surface area contributed by atoms with Gasteiger partial charge < -0.3 is 10.6 Å². The molecule has 1 aromatic heterocycles. The van der Waals surface area contributed by atoms with Gasteiger partial charge in [0.05, 0.1) is 6.20 Å². The first-order chi connectivity index (χ1) is 10.5. The minimum atomic E-state index is 0. The van der Waals surface area contributed by atoms with E-state index in [1.54, 1.807) is 0 Å². The largest absolute Gasteiger partial charge is 0.357 e. The van der Waals surface area contributed by atoms with Crippen molar-refractivity contribution in [2.45, 2.75) is 59.4 Å². The van der Waals surface area contributed by atoms with E-state index in [0.29, 0.717) is 6.04 Å². The van der Waals surface area contributed by atoms with Gasteiger partial charge in [0.2, 0.25) is 0 Å². The van der Waals surface area contributed by atoms with Gasteiger partial charge in [-0.25, -0.2) is 0 Å². The Bertz CT molecular complexity index is 442. The van der Waals surface area contributed by atoms with Crippen LogP contribution in [0.2, 0.25) is 0 Å². The lowest BCUT2D eigenvalue weighted by Gasteiger charge is -2.18. The van der Waals surface area contributed by atoms with Gasteiger partial charge in [0.25, 0.3) is 0 Å². The molecule has 0 saturated carbocycles. The summed E-state index contributed by atoms with van der Waals surface area (Å²) in [4.78, 5) is 4.67. The Morgan fingerprint density at radius 2 is 2.04 bits per heavy atom. The molecule has 1 rings (SSSR count). The van der Waals surface area contributed by atoms with E-state index >= 15 is 0 Å². The van der Waals surface area contributed by atoms with E-state index < -0.39 is 0 Å². The van der Waals surface area contributed by atoms with Gasteiger partial charge in [-0.3, -0.25) is 9.67 Å². The van der Waals surface area contributed by atoms with Gasteiger partial charge >= 0.3 is 0 Å². The minimum absolute atomic E-state index is 0. The van der Waals surface area contributed by atoms with Crippen LogP contribution in [0.25, 0.3) is 0 Å². The van der Waals surface area contributed by atoms with Crippen molar-refractivity contribution < 1.29 is 0 Å². The average molecular weight is 435 g/mol. The Morgan fingerprint density at radius 3 is 2.61 bits per heavy atom. The van der Waals surface area contributed by atoms with Gasteiger partial charge in [-0.2, -0.15) is 5.10 Å². The first kappa shape index (κ1) is 22.2. The van der Waals surface area contributed by atoms with Crippen LogP contribution in [-0.2, 0) is 13.5 Å². The molecule has 0 aromatic carbocycles. The third-order valence-electron chi connectivity index (χ3n) is 3.56. The molecular formula is C17H34IN5. The maximum Gasteiger partial charge on any atom is 0.191 e. The Morgan fingerprint density at radius 1 is 1.30 bits per heavy atom. The standard InChI is InChI=1S/C17H33N5.HI/c1-6-18-17(21-15(4)10-9-14(2)3)19-11-7-8-16-12-20-22(5)13-16;/h12-15H,6-11H2,1-5H3,(H2,18,19,21);1H. The molecule has 1 unspecified atom stereocenters. The molecule has 0 bridgehead atoms. The van der Waals surface area contributed by atoms with Crippen LogP contribution >= 0.6 is 24.0 Å². The molecule has 5 nitrogen and oxygen atoms in total. The molecule has 134 valence electrons. The zero-order chi connectivity index (χ0) is 16.4. The quantitative estimate of drug-likeness (QED) is 0.271. The first-order valence-electron chi connectivity index (χ1n) is 8.53. The Hall–Kier alpha value is -0.790. The number of rotatable bonds is 9. The van der Waals surface area contributed by atoms with Crippen LogP contribution in [0.15, 0.2) is 17.4 Å². The zero-order valence-electron chi connectivity index (χ0n) is 15.3. The molecule has 6 heteroatoms. The second kappa shape index (κ2) is 12.6. The molecule has 0 aliphatic rings. The third-order valence-corrected chi connectivity index (χ3v) is 3.56. The number of guanidine groups is 1. The average Bonchev–Trinajstić information content (AvgIpc) is 2.87. The number of halogens is 1. The smallest absolute Gasteiger partial charge is 0.191 e. The molecule has 0 spiro atoms. The summed E-state index contributed by atoms with van der Waals surface area (Å²) in [5.74, 6) is 1.69. The molecule has 0 aliphatic heterocycles. The predicted octanol–water partition coefficient (Wildman–Crippen LogP) is 3.35. The molecule has 2 N–H and O–H groups in total. The topological polar surface area (TPSA) is 54.2 Å². The van der Waals surface area contributed by atoms with E-state index in [1.807, 2.05) is 17.9 Å². The number of nitrogens with zero attached hydrogens (tertiary/aromatic N) is 3. The summed E-state index contributed by atoms with van der Waals surface area (Å²) in [6.07, 6.45) is 8.50. The van der Waals surface area contributed by atoms with Crippen molar-refractivity contribution in [3.63, 3.8) is 0 Å². The van der Waals surface area contributed by atoms with E-state index in [4.69, 9.17) is 0 Å². The second-order valence-corrected chi connectivity index (χ2v) is 6.40.